The number of carbonyl (C=O) groups excluding carboxylic acids is 1. The summed E-state index contributed by atoms with van der Waals surface area (Å²) in [4.78, 5) is 12.7. The Morgan fingerprint density at radius 2 is 1.79 bits per heavy atom. The van der Waals surface area contributed by atoms with Crippen LogP contribution >= 0.6 is 0 Å². The Balaban J connectivity index is 2.46. The summed E-state index contributed by atoms with van der Waals surface area (Å²) in [7, 11) is -2.46. The molecular formula is C21H28N2O5S. The zero-order valence-electron chi connectivity index (χ0n) is 17.2. The van der Waals surface area contributed by atoms with Crippen molar-refractivity contribution in [3.63, 3.8) is 0 Å². The van der Waals surface area contributed by atoms with Crippen molar-refractivity contribution in [3.8, 4) is 5.75 Å². The van der Waals surface area contributed by atoms with E-state index in [-0.39, 0.29) is 17.5 Å². The fourth-order valence-electron chi connectivity index (χ4n) is 2.82. The molecule has 0 heterocycles. The Labute approximate surface area is 172 Å². The summed E-state index contributed by atoms with van der Waals surface area (Å²) in [5.74, 6) is -0.0417. The fourth-order valence-corrected chi connectivity index (χ4v) is 4.25. The molecule has 0 aliphatic heterocycles. The molecule has 2 rings (SSSR count). The average molecular weight is 421 g/mol. The molecule has 1 amide bonds. The number of amides is 1. The Morgan fingerprint density at radius 3 is 2.41 bits per heavy atom. The molecule has 1 atom stereocenters. The van der Waals surface area contributed by atoms with E-state index >= 15 is 0 Å². The van der Waals surface area contributed by atoms with E-state index in [4.69, 9.17) is 9.47 Å². The summed E-state index contributed by atoms with van der Waals surface area (Å²) >= 11 is 0. The molecule has 0 aliphatic carbocycles. The lowest BCUT2D eigenvalue weighted by atomic mass is 10.2. The second-order valence-corrected chi connectivity index (χ2v) is 8.51. The molecule has 0 spiro atoms. The Bertz CT molecular complexity index is 913. The standard InChI is InChI=1S/C21H28N2O5S/c1-5-28-20-9-7-6-8-19(20)23(14-21(24)22-17(3)15-27-4)29(25,26)18-12-10-16(2)11-13-18/h6-13,17H,5,14-15H2,1-4H3,(H,22,24)/t17-/m1/s1. The van der Waals surface area contributed by atoms with E-state index in [0.29, 0.717) is 24.7 Å². The van der Waals surface area contributed by atoms with Gasteiger partial charge in [-0.25, -0.2) is 8.42 Å². The zero-order valence-corrected chi connectivity index (χ0v) is 18.0. The molecule has 0 saturated carbocycles. The molecule has 0 radical (unpaired) electrons. The third-order valence-electron chi connectivity index (χ3n) is 4.15. The second kappa shape index (κ2) is 10.3. The van der Waals surface area contributed by atoms with Crippen LogP contribution in [0, 0.1) is 6.92 Å². The van der Waals surface area contributed by atoms with Crippen LogP contribution in [0.25, 0.3) is 0 Å². The molecule has 29 heavy (non-hydrogen) atoms. The molecule has 0 saturated heterocycles. The Morgan fingerprint density at radius 1 is 1.14 bits per heavy atom. The highest BCUT2D eigenvalue weighted by Crippen LogP contribution is 2.32. The monoisotopic (exact) mass is 420 g/mol. The van der Waals surface area contributed by atoms with Crippen LogP contribution in [0.3, 0.4) is 0 Å². The van der Waals surface area contributed by atoms with E-state index < -0.39 is 15.9 Å². The first kappa shape index (κ1) is 22.7. The van der Waals surface area contributed by atoms with Crippen LogP contribution in [-0.4, -0.2) is 47.2 Å². The number of hydrogen-bond donors (Lipinski definition) is 1. The normalized spacial score (nSPS) is 12.3. The number of sulfonamides is 1. The molecule has 0 aliphatic rings. The number of carbonyl (C=O) groups is 1. The number of nitrogens with zero attached hydrogens (tertiary/aromatic N) is 1. The predicted molar refractivity (Wildman–Crippen MR) is 113 cm³/mol. The summed E-state index contributed by atoms with van der Waals surface area (Å²) in [5.41, 5.74) is 1.25. The van der Waals surface area contributed by atoms with Gasteiger partial charge in [0.25, 0.3) is 10.0 Å². The van der Waals surface area contributed by atoms with E-state index in [0.717, 1.165) is 9.87 Å². The lowest BCUT2D eigenvalue weighted by Gasteiger charge is -2.26. The number of rotatable bonds is 10. The SMILES string of the molecule is CCOc1ccccc1N(CC(=O)N[C@H](C)COC)S(=O)(=O)c1ccc(C)cc1. The average Bonchev–Trinajstić information content (AvgIpc) is 2.67. The van der Waals surface area contributed by atoms with E-state index in [1.54, 1.807) is 43.3 Å². The van der Waals surface area contributed by atoms with Crippen molar-refractivity contribution >= 4 is 21.6 Å². The summed E-state index contributed by atoms with van der Waals surface area (Å²) < 4.78 is 38.5. The second-order valence-electron chi connectivity index (χ2n) is 6.65. The number of aryl methyl sites for hydroxylation is 1. The molecule has 8 heteroatoms. The third kappa shape index (κ3) is 5.95. The largest absolute Gasteiger partial charge is 0.492 e. The molecule has 0 bridgehead atoms. The van der Waals surface area contributed by atoms with Crippen molar-refractivity contribution in [3.05, 3.63) is 54.1 Å². The number of ether oxygens (including phenoxy) is 2. The Hall–Kier alpha value is -2.58. The van der Waals surface area contributed by atoms with Crippen molar-refractivity contribution in [1.82, 2.24) is 5.32 Å². The first-order valence-corrected chi connectivity index (χ1v) is 10.8. The minimum Gasteiger partial charge on any atom is -0.492 e. The maximum absolute atomic E-state index is 13.4. The fraction of sp³-hybridized carbons (Fsp3) is 0.381. The van der Waals surface area contributed by atoms with Gasteiger partial charge in [-0.1, -0.05) is 29.8 Å². The first-order valence-electron chi connectivity index (χ1n) is 9.39. The molecule has 2 aromatic carbocycles. The number of methoxy groups -OCH3 is 1. The lowest BCUT2D eigenvalue weighted by molar-refractivity contribution is -0.120. The number of hydrogen-bond acceptors (Lipinski definition) is 5. The van der Waals surface area contributed by atoms with E-state index in [2.05, 4.69) is 5.32 Å². The molecule has 0 aromatic heterocycles. The number of para-hydroxylation sites is 2. The highest BCUT2D eigenvalue weighted by atomic mass is 32.2. The van der Waals surface area contributed by atoms with Gasteiger partial charge in [0.05, 0.1) is 23.8 Å². The van der Waals surface area contributed by atoms with Gasteiger partial charge < -0.3 is 14.8 Å². The van der Waals surface area contributed by atoms with Crippen molar-refractivity contribution in [2.24, 2.45) is 0 Å². The summed E-state index contributed by atoms with van der Waals surface area (Å²) in [6, 6.07) is 13.0. The minimum atomic E-state index is -3.99. The summed E-state index contributed by atoms with van der Waals surface area (Å²) in [6.07, 6.45) is 0. The highest BCUT2D eigenvalue weighted by molar-refractivity contribution is 7.92. The number of anilines is 1. The number of benzene rings is 2. The predicted octanol–water partition coefficient (Wildman–Crippen LogP) is 2.74. The molecule has 0 unspecified atom stereocenters. The molecule has 0 fully saturated rings. The zero-order chi connectivity index (χ0) is 21.4. The lowest BCUT2D eigenvalue weighted by Crippen LogP contribution is -2.44. The molecule has 2 aromatic rings. The maximum Gasteiger partial charge on any atom is 0.264 e. The van der Waals surface area contributed by atoms with E-state index in [1.807, 2.05) is 13.8 Å². The molecule has 1 N–H and O–H groups in total. The number of nitrogens with one attached hydrogen (secondary N) is 1. The van der Waals surface area contributed by atoms with Gasteiger partial charge >= 0.3 is 0 Å². The van der Waals surface area contributed by atoms with Crippen LogP contribution in [0.5, 0.6) is 5.75 Å². The van der Waals surface area contributed by atoms with Crippen molar-refractivity contribution in [2.45, 2.75) is 31.7 Å². The van der Waals surface area contributed by atoms with Gasteiger partial charge in [0.15, 0.2) is 0 Å². The Kier molecular flexibility index (Phi) is 8.04. The van der Waals surface area contributed by atoms with Gasteiger partial charge in [0, 0.05) is 13.2 Å². The first-order chi connectivity index (χ1) is 13.8. The van der Waals surface area contributed by atoms with E-state index in [9.17, 15) is 13.2 Å². The van der Waals surface area contributed by atoms with Crippen LogP contribution in [0.4, 0.5) is 5.69 Å². The van der Waals surface area contributed by atoms with Gasteiger partial charge in [-0.3, -0.25) is 9.10 Å². The minimum absolute atomic E-state index is 0.104. The smallest absolute Gasteiger partial charge is 0.264 e. The molecular weight excluding hydrogens is 392 g/mol. The van der Waals surface area contributed by atoms with Crippen molar-refractivity contribution in [2.75, 3.05) is 31.2 Å². The van der Waals surface area contributed by atoms with Gasteiger partial charge in [0.2, 0.25) is 5.91 Å². The van der Waals surface area contributed by atoms with Gasteiger partial charge in [-0.05, 0) is 45.0 Å². The van der Waals surface area contributed by atoms with Gasteiger partial charge in [-0.2, -0.15) is 0 Å². The topological polar surface area (TPSA) is 84.9 Å². The molecule has 158 valence electrons. The summed E-state index contributed by atoms with van der Waals surface area (Å²) in [5, 5.41) is 2.75. The van der Waals surface area contributed by atoms with Crippen molar-refractivity contribution in [1.29, 1.82) is 0 Å². The van der Waals surface area contributed by atoms with Crippen LogP contribution in [0.15, 0.2) is 53.4 Å². The highest BCUT2D eigenvalue weighted by Gasteiger charge is 2.29. The quantitative estimate of drug-likeness (QED) is 0.639. The molecule has 7 nitrogen and oxygen atoms in total. The van der Waals surface area contributed by atoms with Crippen molar-refractivity contribution < 1.29 is 22.7 Å². The van der Waals surface area contributed by atoms with Crippen LogP contribution in [0.1, 0.15) is 19.4 Å². The third-order valence-corrected chi connectivity index (χ3v) is 5.93. The van der Waals surface area contributed by atoms with Crippen LogP contribution in [0.2, 0.25) is 0 Å². The maximum atomic E-state index is 13.4. The van der Waals surface area contributed by atoms with Gasteiger partial charge in [0.1, 0.15) is 12.3 Å². The van der Waals surface area contributed by atoms with Gasteiger partial charge in [-0.15, -0.1) is 0 Å². The van der Waals surface area contributed by atoms with E-state index in [1.165, 1.54) is 19.2 Å². The summed E-state index contributed by atoms with van der Waals surface area (Å²) in [6.45, 7) is 5.79. The van der Waals surface area contributed by atoms with Crippen LogP contribution < -0.4 is 14.4 Å². The van der Waals surface area contributed by atoms with Crippen LogP contribution in [-0.2, 0) is 19.6 Å².